The van der Waals surface area contributed by atoms with Crippen molar-refractivity contribution in [2.75, 3.05) is 11.9 Å². The molecule has 3 aromatic carbocycles. The number of hydrazone groups is 1. The van der Waals surface area contributed by atoms with Gasteiger partial charge in [-0.3, -0.25) is 4.79 Å². The Kier molecular flexibility index (Phi) is 3.43. The third-order valence-electron chi connectivity index (χ3n) is 6.35. The van der Waals surface area contributed by atoms with Gasteiger partial charge in [-0.2, -0.15) is 5.10 Å². The number of aryl methyl sites for hydroxylation is 1. The summed E-state index contributed by atoms with van der Waals surface area (Å²) in [5.41, 5.74) is 4.63. The van der Waals surface area contributed by atoms with Crippen molar-refractivity contribution in [3.05, 3.63) is 95.1 Å². The molecular formula is C25H21N3O2. The molecule has 1 spiro atoms. The maximum atomic E-state index is 13.7. The first-order chi connectivity index (χ1) is 14.6. The molecule has 3 aromatic rings. The van der Waals surface area contributed by atoms with Crippen LogP contribution in [-0.4, -0.2) is 23.7 Å². The number of hydrogen-bond acceptors (Lipinski definition) is 4. The van der Waals surface area contributed by atoms with E-state index in [1.54, 1.807) is 4.90 Å². The summed E-state index contributed by atoms with van der Waals surface area (Å²) >= 11 is 0. The Morgan fingerprint density at radius 2 is 1.80 bits per heavy atom. The number of likely N-dealkylation sites (N-methyl/N-ethyl adjacent to an activating group) is 1. The average Bonchev–Trinajstić information content (AvgIpc) is 3.31. The number of amides is 1. The third kappa shape index (κ3) is 2.12. The first kappa shape index (κ1) is 17.3. The lowest BCUT2D eigenvalue weighted by Gasteiger charge is -2.44. The Bertz CT molecular complexity index is 1220. The van der Waals surface area contributed by atoms with Crippen LogP contribution in [0, 0.1) is 6.92 Å². The third-order valence-corrected chi connectivity index (χ3v) is 6.35. The first-order valence-electron chi connectivity index (χ1n) is 10.2. The van der Waals surface area contributed by atoms with Crippen molar-refractivity contribution in [3.8, 4) is 5.75 Å². The molecule has 0 bridgehead atoms. The number of anilines is 1. The van der Waals surface area contributed by atoms with Crippen LogP contribution in [0.25, 0.3) is 0 Å². The molecule has 3 aliphatic heterocycles. The zero-order chi connectivity index (χ0) is 20.5. The van der Waals surface area contributed by atoms with Crippen LogP contribution >= 0.6 is 0 Å². The summed E-state index contributed by atoms with van der Waals surface area (Å²) in [6.45, 7) is 2.04. The highest BCUT2D eigenvalue weighted by molar-refractivity contribution is 6.08. The van der Waals surface area contributed by atoms with Gasteiger partial charge in [0.15, 0.2) is 0 Å². The second-order valence-corrected chi connectivity index (χ2v) is 8.15. The van der Waals surface area contributed by atoms with E-state index in [2.05, 4.69) is 24.3 Å². The number of ether oxygens (including phenoxy) is 1. The number of hydrogen-bond donors (Lipinski definition) is 0. The van der Waals surface area contributed by atoms with Gasteiger partial charge in [0, 0.05) is 19.0 Å². The van der Waals surface area contributed by atoms with Crippen molar-refractivity contribution in [1.82, 2.24) is 5.01 Å². The molecule has 5 nitrogen and oxygen atoms in total. The maximum absolute atomic E-state index is 13.7. The van der Waals surface area contributed by atoms with E-state index in [-0.39, 0.29) is 11.9 Å². The van der Waals surface area contributed by atoms with E-state index in [4.69, 9.17) is 9.84 Å². The number of fused-ring (bicyclic) bond motifs is 6. The first-order valence-corrected chi connectivity index (χ1v) is 10.2. The van der Waals surface area contributed by atoms with Crippen LogP contribution in [0.2, 0.25) is 0 Å². The van der Waals surface area contributed by atoms with Crippen molar-refractivity contribution in [2.24, 2.45) is 5.10 Å². The summed E-state index contributed by atoms with van der Waals surface area (Å²) in [7, 11) is 1.81. The molecule has 5 heteroatoms. The number of carbonyl (C=O) groups excluding carboxylic acids is 1. The van der Waals surface area contributed by atoms with Crippen molar-refractivity contribution < 1.29 is 9.53 Å². The van der Waals surface area contributed by atoms with E-state index in [0.717, 1.165) is 45.8 Å². The molecule has 30 heavy (non-hydrogen) atoms. The topological polar surface area (TPSA) is 45.1 Å². The molecule has 3 aliphatic rings. The molecule has 0 saturated carbocycles. The molecule has 6 rings (SSSR count). The SMILES string of the molecule is Cc1ccc2c(c1)[C@]1(Oc3ccccc3[C@@H]3CC(c4ccccc4)=NN31)C(=O)N2C. The number of rotatable bonds is 1. The largest absolute Gasteiger partial charge is 0.453 e. The fourth-order valence-electron chi connectivity index (χ4n) is 4.89. The van der Waals surface area contributed by atoms with Gasteiger partial charge in [0.05, 0.1) is 23.0 Å². The zero-order valence-corrected chi connectivity index (χ0v) is 16.9. The summed E-state index contributed by atoms with van der Waals surface area (Å²) < 4.78 is 6.57. The summed E-state index contributed by atoms with van der Waals surface area (Å²) in [5, 5.41) is 6.91. The number of carbonyl (C=O) groups is 1. The van der Waals surface area contributed by atoms with Gasteiger partial charge < -0.3 is 9.64 Å². The monoisotopic (exact) mass is 395 g/mol. The normalized spacial score (nSPS) is 23.7. The standard InChI is InChI=1S/C25H21N3O2/c1-16-12-13-21-19(14-16)25(24(29)27(21)2)28-22(18-10-6-7-11-23(18)30-25)15-20(26-28)17-8-4-3-5-9-17/h3-14,22H,15H2,1-2H3/t22-,25-/m0/s1. The van der Waals surface area contributed by atoms with Crippen LogP contribution in [0.3, 0.4) is 0 Å². The lowest BCUT2D eigenvalue weighted by Crippen LogP contribution is -2.56. The van der Waals surface area contributed by atoms with E-state index < -0.39 is 5.72 Å². The Morgan fingerprint density at radius 3 is 2.63 bits per heavy atom. The molecule has 2 atom stereocenters. The molecule has 0 radical (unpaired) electrons. The van der Waals surface area contributed by atoms with Gasteiger partial charge >= 0.3 is 5.72 Å². The number of para-hydroxylation sites is 1. The highest BCUT2D eigenvalue weighted by Gasteiger charge is 2.62. The van der Waals surface area contributed by atoms with Crippen LogP contribution in [-0.2, 0) is 10.5 Å². The molecule has 0 unspecified atom stereocenters. The minimum Gasteiger partial charge on any atom is -0.453 e. The number of nitrogens with zero attached hydrogens (tertiary/aromatic N) is 3. The fraction of sp³-hybridized carbons (Fsp3) is 0.200. The minimum atomic E-state index is -1.29. The summed E-state index contributed by atoms with van der Waals surface area (Å²) in [6.07, 6.45) is 0.726. The Hall–Kier alpha value is -3.60. The van der Waals surface area contributed by atoms with Gasteiger partial charge in [-0.15, -0.1) is 0 Å². The van der Waals surface area contributed by atoms with E-state index in [1.165, 1.54) is 0 Å². The predicted octanol–water partition coefficient (Wildman–Crippen LogP) is 4.37. The van der Waals surface area contributed by atoms with Gasteiger partial charge in [0.25, 0.3) is 5.91 Å². The van der Waals surface area contributed by atoms with Crippen LogP contribution < -0.4 is 9.64 Å². The van der Waals surface area contributed by atoms with Gasteiger partial charge in [0.2, 0.25) is 0 Å². The minimum absolute atomic E-state index is 0.0611. The van der Waals surface area contributed by atoms with Gasteiger partial charge in [0.1, 0.15) is 5.75 Å². The van der Waals surface area contributed by atoms with E-state index in [9.17, 15) is 4.79 Å². The average molecular weight is 395 g/mol. The molecular weight excluding hydrogens is 374 g/mol. The second kappa shape index (κ2) is 5.95. The quantitative estimate of drug-likeness (QED) is 0.615. The molecule has 0 aliphatic carbocycles. The van der Waals surface area contributed by atoms with Crippen molar-refractivity contribution in [3.63, 3.8) is 0 Å². The van der Waals surface area contributed by atoms with Crippen molar-refractivity contribution >= 4 is 17.3 Å². The molecule has 148 valence electrons. The van der Waals surface area contributed by atoms with E-state index >= 15 is 0 Å². The number of benzene rings is 3. The Labute approximate surface area is 175 Å². The maximum Gasteiger partial charge on any atom is 0.306 e. The van der Waals surface area contributed by atoms with Crippen molar-refractivity contribution in [2.45, 2.75) is 25.1 Å². The lowest BCUT2D eigenvalue weighted by molar-refractivity contribution is -0.163. The van der Waals surface area contributed by atoms with Crippen LogP contribution in [0.1, 0.15) is 34.7 Å². The van der Waals surface area contributed by atoms with Crippen LogP contribution in [0.4, 0.5) is 5.69 Å². The van der Waals surface area contributed by atoms with Gasteiger partial charge in [-0.05, 0) is 30.7 Å². The van der Waals surface area contributed by atoms with Gasteiger partial charge in [-0.25, -0.2) is 5.01 Å². The highest BCUT2D eigenvalue weighted by atomic mass is 16.5. The Morgan fingerprint density at radius 1 is 1.03 bits per heavy atom. The van der Waals surface area contributed by atoms with Crippen molar-refractivity contribution in [1.29, 1.82) is 0 Å². The van der Waals surface area contributed by atoms with Gasteiger partial charge in [-0.1, -0.05) is 60.2 Å². The lowest BCUT2D eigenvalue weighted by atomic mass is 9.92. The second-order valence-electron chi connectivity index (χ2n) is 8.15. The summed E-state index contributed by atoms with van der Waals surface area (Å²) in [6, 6.07) is 24.2. The zero-order valence-electron chi connectivity index (χ0n) is 16.9. The fourth-order valence-corrected chi connectivity index (χ4v) is 4.89. The molecule has 0 N–H and O–H groups in total. The van der Waals surface area contributed by atoms with Crippen LogP contribution in [0.15, 0.2) is 77.9 Å². The predicted molar refractivity (Wildman–Crippen MR) is 116 cm³/mol. The molecule has 0 saturated heterocycles. The highest BCUT2D eigenvalue weighted by Crippen LogP contribution is 2.55. The molecule has 1 amide bonds. The van der Waals surface area contributed by atoms with E-state index in [0.29, 0.717) is 0 Å². The Balaban J connectivity index is 1.61. The van der Waals surface area contributed by atoms with E-state index in [1.807, 2.05) is 67.5 Å². The van der Waals surface area contributed by atoms with Crippen LogP contribution in [0.5, 0.6) is 5.75 Å². The molecule has 3 heterocycles. The molecule has 0 fully saturated rings. The molecule has 0 aromatic heterocycles. The smallest absolute Gasteiger partial charge is 0.306 e. The summed E-state index contributed by atoms with van der Waals surface area (Å²) in [5.74, 6) is 0.639. The summed E-state index contributed by atoms with van der Waals surface area (Å²) in [4.78, 5) is 15.4.